The van der Waals surface area contributed by atoms with Gasteiger partial charge in [0.15, 0.2) is 5.69 Å². The van der Waals surface area contributed by atoms with Crippen molar-refractivity contribution in [3.05, 3.63) is 41.6 Å². The first-order valence-corrected chi connectivity index (χ1v) is 7.93. The number of hydrogen-bond acceptors (Lipinski definition) is 5. The molecule has 0 radical (unpaired) electrons. The van der Waals surface area contributed by atoms with Crippen LogP contribution in [0.3, 0.4) is 0 Å². The number of rotatable bonds is 5. The summed E-state index contributed by atoms with van der Waals surface area (Å²) in [6.45, 7) is 4.41. The van der Waals surface area contributed by atoms with Crippen LogP contribution in [-0.2, 0) is 19.8 Å². The molecule has 10 heteroatoms. The molecule has 0 fully saturated rings. The number of hydrogen-bond donors (Lipinski definition) is 1. The van der Waals surface area contributed by atoms with E-state index in [4.69, 9.17) is 0 Å². The number of nitrogens with one attached hydrogen (secondary N) is 1. The molecule has 0 bridgehead atoms. The number of aromatic nitrogens is 6. The molecule has 3 aromatic rings. The average molecular weight is 365 g/mol. The molecule has 0 saturated heterocycles. The van der Waals surface area contributed by atoms with E-state index in [-0.39, 0.29) is 11.6 Å². The van der Waals surface area contributed by atoms with Crippen LogP contribution in [0.1, 0.15) is 17.1 Å². The van der Waals surface area contributed by atoms with Gasteiger partial charge in [0.1, 0.15) is 0 Å². The van der Waals surface area contributed by atoms with Crippen LogP contribution in [0, 0.1) is 13.8 Å². The van der Waals surface area contributed by atoms with Crippen LogP contribution < -0.4 is 5.32 Å². The van der Waals surface area contributed by atoms with Gasteiger partial charge in [-0.15, -0.1) is 0 Å². The van der Waals surface area contributed by atoms with E-state index in [1.54, 1.807) is 31.0 Å². The van der Waals surface area contributed by atoms with Crippen molar-refractivity contribution in [1.82, 2.24) is 29.5 Å². The highest BCUT2D eigenvalue weighted by Gasteiger charge is 2.34. The standard InChI is InChI=1S/C16H18F3N7/c1-10-4-6-26(23-10)7-5-20-15-21-13(8-14(22-15)16(17,18)19)12-9-25(3)24-11(12)2/h4,6,8-9H,5,7H2,1-3H3,(H,20,21,22). The molecular weight excluding hydrogens is 347 g/mol. The number of alkyl halides is 3. The van der Waals surface area contributed by atoms with E-state index >= 15 is 0 Å². The second-order valence-electron chi connectivity index (χ2n) is 5.91. The zero-order valence-electron chi connectivity index (χ0n) is 14.5. The zero-order chi connectivity index (χ0) is 18.9. The highest BCUT2D eigenvalue weighted by molar-refractivity contribution is 5.62. The van der Waals surface area contributed by atoms with Crippen molar-refractivity contribution < 1.29 is 13.2 Å². The molecule has 26 heavy (non-hydrogen) atoms. The maximum atomic E-state index is 13.2. The van der Waals surface area contributed by atoms with Gasteiger partial charge in [0, 0.05) is 31.5 Å². The van der Waals surface area contributed by atoms with E-state index in [0.717, 1.165) is 11.8 Å². The summed E-state index contributed by atoms with van der Waals surface area (Å²) in [6, 6.07) is 2.79. The van der Waals surface area contributed by atoms with Crippen LogP contribution in [0.4, 0.5) is 19.1 Å². The summed E-state index contributed by atoms with van der Waals surface area (Å²) in [5, 5.41) is 11.2. The third-order valence-electron chi connectivity index (χ3n) is 3.70. The Hall–Kier alpha value is -2.91. The van der Waals surface area contributed by atoms with Gasteiger partial charge >= 0.3 is 6.18 Å². The number of halogens is 3. The Labute approximate surface area is 147 Å². The lowest BCUT2D eigenvalue weighted by Crippen LogP contribution is -2.16. The van der Waals surface area contributed by atoms with Crippen LogP contribution in [0.15, 0.2) is 24.5 Å². The van der Waals surface area contributed by atoms with Gasteiger partial charge < -0.3 is 5.32 Å². The van der Waals surface area contributed by atoms with Crippen LogP contribution in [0.2, 0.25) is 0 Å². The van der Waals surface area contributed by atoms with Gasteiger partial charge in [-0.3, -0.25) is 9.36 Å². The van der Waals surface area contributed by atoms with Crippen molar-refractivity contribution in [2.24, 2.45) is 7.05 Å². The summed E-state index contributed by atoms with van der Waals surface area (Å²) in [6.07, 6.45) is -1.13. The van der Waals surface area contributed by atoms with Crippen molar-refractivity contribution >= 4 is 5.95 Å². The lowest BCUT2D eigenvalue weighted by Gasteiger charge is -2.11. The summed E-state index contributed by atoms with van der Waals surface area (Å²) >= 11 is 0. The molecule has 0 aliphatic heterocycles. The fraction of sp³-hybridized carbons (Fsp3) is 0.375. The predicted octanol–water partition coefficient (Wildman–Crippen LogP) is 2.82. The molecule has 0 aliphatic rings. The minimum absolute atomic E-state index is 0.0815. The Morgan fingerprint density at radius 1 is 1.15 bits per heavy atom. The number of nitrogens with zero attached hydrogens (tertiary/aromatic N) is 6. The van der Waals surface area contributed by atoms with Crippen LogP contribution >= 0.6 is 0 Å². The molecule has 3 heterocycles. The van der Waals surface area contributed by atoms with E-state index in [0.29, 0.717) is 24.3 Å². The Bertz CT molecular complexity index is 911. The minimum Gasteiger partial charge on any atom is -0.352 e. The molecule has 0 atom stereocenters. The Balaban J connectivity index is 1.86. The van der Waals surface area contributed by atoms with Crippen LogP contribution in [0.5, 0.6) is 0 Å². The molecule has 0 aliphatic carbocycles. The Kier molecular flexibility index (Phi) is 4.66. The van der Waals surface area contributed by atoms with Crippen molar-refractivity contribution in [3.63, 3.8) is 0 Å². The maximum Gasteiger partial charge on any atom is 0.433 e. The van der Waals surface area contributed by atoms with Crippen LogP contribution in [-0.4, -0.2) is 36.1 Å². The largest absolute Gasteiger partial charge is 0.433 e. The monoisotopic (exact) mass is 365 g/mol. The van der Waals surface area contributed by atoms with Crippen molar-refractivity contribution in [1.29, 1.82) is 0 Å². The molecule has 7 nitrogen and oxygen atoms in total. The fourth-order valence-corrected chi connectivity index (χ4v) is 2.53. The first-order valence-electron chi connectivity index (χ1n) is 7.93. The normalized spacial score (nSPS) is 11.8. The zero-order valence-corrected chi connectivity index (χ0v) is 14.5. The van der Waals surface area contributed by atoms with E-state index in [1.165, 1.54) is 4.68 Å². The molecule has 0 amide bonds. The summed E-state index contributed by atoms with van der Waals surface area (Å²) in [5.41, 5.74) is 1.18. The lowest BCUT2D eigenvalue weighted by molar-refractivity contribution is -0.141. The van der Waals surface area contributed by atoms with Gasteiger partial charge in [-0.1, -0.05) is 0 Å². The molecule has 1 N–H and O–H groups in total. The lowest BCUT2D eigenvalue weighted by atomic mass is 10.1. The first kappa shape index (κ1) is 17.9. The van der Waals surface area contributed by atoms with E-state index in [2.05, 4.69) is 25.5 Å². The molecule has 3 aromatic heterocycles. The first-order chi connectivity index (χ1) is 12.2. The highest BCUT2D eigenvalue weighted by Crippen LogP contribution is 2.31. The molecule has 0 saturated carbocycles. The van der Waals surface area contributed by atoms with Crippen molar-refractivity contribution in [2.75, 3.05) is 11.9 Å². The topological polar surface area (TPSA) is 73.5 Å². The van der Waals surface area contributed by atoms with E-state index < -0.39 is 11.9 Å². The molecular formula is C16H18F3N7. The summed E-state index contributed by atoms with van der Waals surface area (Å²) in [7, 11) is 1.70. The molecule has 0 unspecified atom stereocenters. The minimum atomic E-state index is -4.57. The van der Waals surface area contributed by atoms with E-state index in [9.17, 15) is 13.2 Å². The molecule has 138 valence electrons. The molecule has 0 spiro atoms. The quantitative estimate of drug-likeness (QED) is 0.753. The van der Waals surface area contributed by atoms with Gasteiger partial charge in [-0.2, -0.15) is 23.4 Å². The Morgan fingerprint density at radius 2 is 1.92 bits per heavy atom. The van der Waals surface area contributed by atoms with Crippen LogP contribution in [0.25, 0.3) is 11.3 Å². The third-order valence-corrected chi connectivity index (χ3v) is 3.70. The van der Waals surface area contributed by atoms with Gasteiger partial charge in [0.05, 0.1) is 23.6 Å². The SMILES string of the molecule is Cc1ccn(CCNc2nc(-c3cn(C)nc3C)cc(C(F)(F)F)n2)n1. The van der Waals surface area contributed by atoms with E-state index in [1.807, 2.05) is 13.0 Å². The maximum absolute atomic E-state index is 13.2. The average Bonchev–Trinajstić information content (AvgIpc) is 3.11. The summed E-state index contributed by atoms with van der Waals surface area (Å²) in [5.74, 6) is -0.0815. The summed E-state index contributed by atoms with van der Waals surface area (Å²) in [4.78, 5) is 7.82. The van der Waals surface area contributed by atoms with Gasteiger partial charge in [-0.05, 0) is 26.0 Å². The predicted molar refractivity (Wildman–Crippen MR) is 89.4 cm³/mol. The molecule has 3 rings (SSSR count). The smallest absolute Gasteiger partial charge is 0.352 e. The molecule has 0 aromatic carbocycles. The van der Waals surface area contributed by atoms with Gasteiger partial charge in [-0.25, -0.2) is 9.97 Å². The second-order valence-corrected chi connectivity index (χ2v) is 5.91. The van der Waals surface area contributed by atoms with Gasteiger partial charge in [0.25, 0.3) is 0 Å². The van der Waals surface area contributed by atoms with Crippen molar-refractivity contribution in [3.8, 4) is 11.3 Å². The Morgan fingerprint density at radius 3 is 2.50 bits per heavy atom. The summed E-state index contributed by atoms with van der Waals surface area (Å²) < 4.78 is 42.9. The van der Waals surface area contributed by atoms with Gasteiger partial charge in [0.2, 0.25) is 5.95 Å². The highest BCUT2D eigenvalue weighted by atomic mass is 19.4. The number of anilines is 1. The van der Waals surface area contributed by atoms with Crippen molar-refractivity contribution in [2.45, 2.75) is 26.6 Å². The number of aryl methyl sites for hydroxylation is 3. The third kappa shape index (κ3) is 4.01. The fourth-order valence-electron chi connectivity index (χ4n) is 2.53. The second kappa shape index (κ2) is 6.77.